The molecule has 2 aliphatic heterocycles. The maximum atomic E-state index is 14.3. The highest BCUT2D eigenvalue weighted by Gasteiger charge is 2.57. The van der Waals surface area contributed by atoms with Crippen molar-refractivity contribution >= 4 is 48.9 Å². The van der Waals surface area contributed by atoms with Gasteiger partial charge in [-0.2, -0.15) is 0 Å². The zero-order valence-electron chi connectivity index (χ0n) is 29.2. The van der Waals surface area contributed by atoms with Crippen LogP contribution in [-0.2, 0) is 14.2 Å². The molecule has 2 heterocycles. The van der Waals surface area contributed by atoms with Gasteiger partial charge < -0.3 is 29.6 Å². The van der Waals surface area contributed by atoms with Gasteiger partial charge in [-0.15, -0.1) is 0 Å². The second-order valence-corrected chi connectivity index (χ2v) is 14.0. The number of hydrogen-bond donors (Lipinski definition) is 4. The summed E-state index contributed by atoms with van der Waals surface area (Å²) in [7, 11) is -2.90. The molecule has 2 saturated heterocycles. The van der Waals surface area contributed by atoms with Crippen LogP contribution in [0, 0.1) is 31.6 Å². The molecule has 2 amide bonds. The molecule has 11 heteroatoms. The first kappa shape index (κ1) is 35.5. The second kappa shape index (κ2) is 15.0. The molecule has 0 saturated carbocycles. The van der Waals surface area contributed by atoms with Gasteiger partial charge in [0.15, 0.2) is 0 Å². The van der Waals surface area contributed by atoms with E-state index in [9.17, 15) is 29.8 Å². The Hall–Kier alpha value is -4.93. The third kappa shape index (κ3) is 7.10. The number of aryl methyl sites for hydroxylation is 2. The summed E-state index contributed by atoms with van der Waals surface area (Å²) in [6.07, 6.45) is 3.07. The number of rotatable bonds is 10. The van der Waals surface area contributed by atoms with Gasteiger partial charge in [-0.3, -0.25) is 14.5 Å². The lowest BCUT2D eigenvalue weighted by Crippen LogP contribution is -2.46. The van der Waals surface area contributed by atoms with Gasteiger partial charge in [0.25, 0.3) is 0 Å². The van der Waals surface area contributed by atoms with E-state index in [4.69, 9.17) is 9.39 Å². The highest BCUT2D eigenvalue weighted by atomic mass is 16.5. The van der Waals surface area contributed by atoms with Crippen LogP contribution in [0.3, 0.4) is 0 Å². The first-order valence-corrected chi connectivity index (χ1v) is 17.7. The molecule has 7 rings (SSSR count). The molecule has 2 fully saturated rings. The predicted molar refractivity (Wildman–Crippen MR) is 202 cm³/mol. The molecule has 264 valence electrons. The molecule has 0 aromatic heterocycles. The molecule has 4 aromatic rings. The SMILES string of the molecule is Cc1cc(/C=C(/CC[C@H]2OB(O)C[C@H]3C2=C(COc2ccccc2)C[C@H]2C(=O)N(c4cccc(B(O)O)c4)C(=O)[C@H]23)c2ccccc2)cc(C)c1O. The number of hydrogen-bond acceptors (Lipinski definition) is 8. The molecule has 0 radical (unpaired) electrons. The summed E-state index contributed by atoms with van der Waals surface area (Å²) in [5, 5.41) is 41.2. The predicted octanol–water partition coefficient (Wildman–Crippen LogP) is 5.09. The number of fused-ring (bicyclic) bond motifs is 3. The number of para-hydroxylation sites is 1. The summed E-state index contributed by atoms with van der Waals surface area (Å²) >= 11 is 0. The van der Waals surface area contributed by atoms with Gasteiger partial charge in [-0.1, -0.05) is 66.7 Å². The van der Waals surface area contributed by atoms with Crippen molar-refractivity contribution in [3.05, 3.63) is 130 Å². The highest BCUT2D eigenvalue weighted by Crippen LogP contribution is 2.51. The number of allylic oxidation sites excluding steroid dienone is 1. The topological polar surface area (TPSA) is 137 Å². The first-order chi connectivity index (χ1) is 25.1. The molecule has 0 unspecified atom stereocenters. The maximum absolute atomic E-state index is 14.3. The number of ether oxygens (including phenoxy) is 1. The minimum Gasteiger partial charge on any atom is -0.507 e. The van der Waals surface area contributed by atoms with Gasteiger partial charge >= 0.3 is 14.2 Å². The fourth-order valence-electron chi connectivity index (χ4n) is 8.18. The Balaban J connectivity index is 1.25. The third-order valence-corrected chi connectivity index (χ3v) is 10.6. The van der Waals surface area contributed by atoms with Crippen LogP contribution in [-0.4, -0.2) is 58.9 Å². The maximum Gasteiger partial charge on any atom is 0.488 e. The lowest BCUT2D eigenvalue weighted by atomic mass is 9.58. The molecule has 0 bridgehead atoms. The molecule has 4 N–H and O–H groups in total. The highest BCUT2D eigenvalue weighted by molar-refractivity contribution is 6.58. The Morgan fingerprint density at radius 2 is 1.62 bits per heavy atom. The summed E-state index contributed by atoms with van der Waals surface area (Å²) in [5.74, 6) is -1.65. The molecule has 52 heavy (non-hydrogen) atoms. The van der Waals surface area contributed by atoms with Gasteiger partial charge in [-0.05, 0) is 126 Å². The molecule has 9 nitrogen and oxygen atoms in total. The van der Waals surface area contributed by atoms with Crippen LogP contribution in [0.5, 0.6) is 11.5 Å². The average molecular weight is 697 g/mol. The second-order valence-electron chi connectivity index (χ2n) is 14.0. The molecule has 0 spiro atoms. The number of phenols is 1. The summed E-state index contributed by atoms with van der Waals surface area (Å²) < 4.78 is 12.6. The van der Waals surface area contributed by atoms with E-state index in [1.54, 1.807) is 12.1 Å². The minimum absolute atomic E-state index is 0.150. The Bertz CT molecular complexity index is 2010. The molecule has 4 atom stereocenters. The lowest BCUT2D eigenvalue weighted by molar-refractivity contribution is -0.122. The molecular weight excluding hydrogens is 656 g/mol. The number of nitrogens with zero attached hydrogens (tertiary/aromatic N) is 1. The number of benzene rings is 4. The monoisotopic (exact) mass is 697 g/mol. The van der Waals surface area contributed by atoms with E-state index in [0.717, 1.165) is 43.9 Å². The number of phenolic OH excluding ortho intramolecular Hbond substituents is 1. The van der Waals surface area contributed by atoms with Crippen LogP contribution in [0.4, 0.5) is 5.69 Å². The number of carbonyl (C=O) groups is 2. The molecule has 4 aromatic carbocycles. The summed E-state index contributed by atoms with van der Waals surface area (Å²) in [6, 6.07) is 29.5. The van der Waals surface area contributed by atoms with E-state index < -0.39 is 38.1 Å². The van der Waals surface area contributed by atoms with Crippen molar-refractivity contribution < 1.29 is 39.2 Å². The largest absolute Gasteiger partial charge is 0.507 e. The van der Waals surface area contributed by atoms with Gasteiger partial charge in [0, 0.05) is 0 Å². The number of anilines is 1. The Kier molecular flexibility index (Phi) is 10.2. The average Bonchev–Trinajstić information content (AvgIpc) is 3.40. The zero-order chi connectivity index (χ0) is 36.5. The van der Waals surface area contributed by atoms with E-state index in [0.29, 0.717) is 18.6 Å². The summed E-state index contributed by atoms with van der Waals surface area (Å²) in [4.78, 5) is 29.6. The Morgan fingerprint density at radius 1 is 0.923 bits per heavy atom. The van der Waals surface area contributed by atoms with Crippen molar-refractivity contribution in [2.24, 2.45) is 17.8 Å². The van der Waals surface area contributed by atoms with Crippen molar-refractivity contribution in [3.63, 3.8) is 0 Å². The van der Waals surface area contributed by atoms with Gasteiger partial charge in [0.05, 0.1) is 23.6 Å². The Morgan fingerprint density at radius 3 is 2.31 bits per heavy atom. The smallest absolute Gasteiger partial charge is 0.488 e. The zero-order valence-corrected chi connectivity index (χ0v) is 29.2. The Labute approximate surface area is 304 Å². The van der Waals surface area contributed by atoms with E-state index in [1.165, 1.54) is 12.1 Å². The quantitative estimate of drug-likeness (QED) is 0.0780. The van der Waals surface area contributed by atoms with E-state index in [1.807, 2.05) is 74.5 Å². The number of aromatic hydroxyl groups is 1. The van der Waals surface area contributed by atoms with Gasteiger partial charge in [0.2, 0.25) is 11.8 Å². The van der Waals surface area contributed by atoms with Crippen molar-refractivity contribution in [2.45, 2.75) is 45.5 Å². The van der Waals surface area contributed by atoms with Crippen LogP contribution in [0.25, 0.3) is 11.6 Å². The van der Waals surface area contributed by atoms with Crippen LogP contribution >= 0.6 is 0 Å². The van der Waals surface area contributed by atoms with Crippen LogP contribution in [0.1, 0.15) is 41.5 Å². The van der Waals surface area contributed by atoms with Gasteiger partial charge in [0.1, 0.15) is 18.1 Å². The molecular formula is C41H41B2NO8. The van der Waals surface area contributed by atoms with Crippen LogP contribution in [0.2, 0.25) is 6.32 Å². The summed E-state index contributed by atoms with van der Waals surface area (Å²) in [6.45, 7) is 3.95. The van der Waals surface area contributed by atoms with E-state index in [2.05, 4.69) is 18.2 Å². The standard InChI is InChI=1S/C41H41B2NO8/c1-25-18-27(19-26(2)39(25)45)20-29(28-10-5-3-6-11-28)16-17-36-37-30(24-51-33-14-7-4-8-15-33)21-34-38(35(37)23-42(48)52-36)41(47)44(40(34)46)32-13-9-12-31(22-32)43(49)50/h3-15,18-20,22,34-36,38,45,48-50H,16-17,21,23-24H2,1-2H3/b29-20-/t34-,35+,36-,38-/m1/s1. The number of carbonyl (C=O) groups excluding carboxylic acids is 2. The van der Waals surface area contributed by atoms with Crippen molar-refractivity contribution in [1.82, 2.24) is 0 Å². The van der Waals surface area contributed by atoms with E-state index in [-0.39, 0.29) is 48.1 Å². The van der Waals surface area contributed by atoms with Crippen molar-refractivity contribution in [3.8, 4) is 11.5 Å². The fraction of sp³-hybridized carbons (Fsp3) is 0.268. The van der Waals surface area contributed by atoms with Gasteiger partial charge in [-0.25, -0.2) is 0 Å². The summed E-state index contributed by atoms with van der Waals surface area (Å²) in [5.41, 5.74) is 6.84. The first-order valence-electron chi connectivity index (χ1n) is 17.7. The van der Waals surface area contributed by atoms with E-state index >= 15 is 0 Å². The molecule has 3 aliphatic rings. The number of imide groups is 1. The van der Waals surface area contributed by atoms with Crippen LogP contribution in [0.15, 0.2) is 108 Å². The van der Waals surface area contributed by atoms with Crippen LogP contribution < -0.4 is 15.1 Å². The van der Waals surface area contributed by atoms with Crippen molar-refractivity contribution in [2.75, 3.05) is 11.5 Å². The van der Waals surface area contributed by atoms with Crippen molar-refractivity contribution in [1.29, 1.82) is 0 Å². The fourth-order valence-corrected chi connectivity index (χ4v) is 8.18. The lowest BCUT2D eigenvalue weighted by Gasteiger charge is -2.43. The minimum atomic E-state index is -1.76. The normalized spacial score (nSPS) is 21.7. The number of amides is 2. The molecule has 1 aliphatic carbocycles. The third-order valence-electron chi connectivity index (χ3n) is 10.6.